The van der Waals surface area contributed by atoms with E-state index >= 15 is 0 Å². The minimum Gasteiger partial charge on any atom is -0.463 e. The monoisotopic (exact) mass is 188 g/mol. The molecule has 0 saturated carbocycles. The zero-order valence-electron chi connectivity index (χ0n) is 6.07. The van der Waals surface area contributed by atoms with E-state index < -0.39 is 0 Å². The van der Waals surface area contributed by atoms with E-state index in [1.54, 1.807) is 6.92 Å². The van der Waals surface area contributed by atoms with Gasteiger partial charge in [0.15, 0.2) is 0 Å². The summed E-state index contributed by atoms with van der Waals surface area (Å²) < 4.78 is 5.71. The zero-order chi connectivity index (χ0) is 8.10. The van der Waals surface area contributed by atoms with Gasteiger partial charge in [0, 0.05) is 6.08 Å². The molecule has 1 aliphatic rings. The Bertz CT molecular complexity index is 198. The Morgan fingerprint density at radius 1 is 1.64 bits per heavy atom. The van der Waals surface area contributed by atoms with Gasteiger partial charge in [-0.25, -0.2) is 4.79 Å². The highest BCUT2D eigenvalue weighted by Gasteiger charge is 2.04. The molecule has 1 heterocycles. The van der Waals surface area contributed by atoms with Crippen LogP contribution in [0.1, 0.15) is 6.92 Å². The SMILES string of the molecule is CCOC(=O)C=C1SC=CS1. The topological polar surface area (TPSA) is 26.3 Å². The Balaban J connectivity index is 2.38. The Labute approximate surface area is 74.1 Å². The molecule has 0 saturated heterocycles. The van der Waals surface area contributed by atoms with Crippen molar-refractivity contribution in [2.45, 2.75) is 6.92 Å². The van der Waals surface area contributed by atoms with E-state index in [1.807, 2.05) is 10.8 Å². The van der Waals surface area contributed by atoms with Crippen molar-refractivity contribution in [3.63, 3.8) is 0 Å². The molecule has 0 spiro atoms. The predicted molar refractivity (Wildman–Crippen MR) is 49.0 cm³/mol. The molecular formula is C7H8O2S2. The normalized spacial score (nSPS) is 15.2. The first-order chi connectivity index (χ1) is 5.33. The van der Waals surface area contributed by atoms with E-state index in [0.717, 1.165) is 4.24 Å². The second-order valence-corrected chi connectivity index (χ2v) is 3.88. The summed E-state index contributed by atoms with van der Waals surface area (Å²) >= 11 is 3.08. The van der Waals surface area contributed by atoms with Gasteiger partial charge >= 0.3 is 5.97 Å². The van der Waals surface area contributed by atoms with Crippen molar-refractivity contribution in [1.82, 2.24) is 0 Å². The molecular weight excluding hydrogens is 180 g/mol. The van der Waals surface area contributed by atoms with Crippen molar-refractivity contribution in [1.29, 1.82) is 0 Å². The Morgan fingerprint density at radius 2 is 2.27 bits per heavy atom. The van der Waals surface area contributed by atoms with Gasteiger partial charge in [0.05, 0.1) is 10.8 Å². The summed E-state index contributed by atoms with van der Waals surface area (Å²) in [6, 6.07) is 0. The molecule has 0 aromatic rings. The van der Waals surface area contributed by atoms with Crippen molar-refractivity contribution in [3.05, 3.63) is 21.1 Å². The van der Waals surface area contributed by atoms with Crippen LogP contribution in [0, 0.1) is 0 Å². The maximum Gasteiger partial charge on any atom is 0.332 e. The van der Waals surface area contributed by atoms with Crippen LogP contribution in [0.4, 0.5) is 0 Å². The third-order valence-corrected chi connectivity index (χ3v) is 2.94. The number of carbonyl (C=O) groups excluding carboxylic acids is 1. The number of thioether (sulfide) groups is 2. The predicted octanol–water partition coefficient (Wildman–Crippen LogP) is 2.34. The molecule has 2 nitrogen and oxygen atoms in total. The number of hydrogen-bond acceptors (Lipinski definition) is 4. The summed E-state index contributed by atoms with van der Waals surface area (Å²) in [7, 11) is 0. The van der Waals surface area contributed by atoms with Gasteiger partial charge in [-0.2, -0.15) is 0 Å². The lowest BCUT2D eigenvalue weighted by Gasteiger charge is -1.95. The first-order valence-electron chi connectivity index (χ1n) is 3.19. The van der Waals surface area contributed by atoms with Crippen LogP contribution >= 0.6 is 23.5 Å². The van der Waals surface area contributed by atoms with Gasteiger partial charge in [0.2, 0.25) is 0 Å². The van der Waals surface area contributed by atoms with Gasteiger partial charge in [0.25, 0.3) is 0 Å². The molecule has 1 aliphatic heterocycles. The second-order valence-electron chi connectivity index (χ2n) is 1.72. The van der Waals surface area contributed by atoms with E-state index in [-0.39, 0.29) is 5.97 Å². The van der Waals surface area contributed by atoms with E-state index in [2.05, 4.69) is 0 Å². The minimum atomic E-state index is -0.258. The fourth-order valence-corrected chi connectivity index (χ4v) is 2.16. The van der Waals surface area contributed by atoms with Crippen LogP contribution in [-0.4, -0.2) is 12.6 Å². The molecule has 4 heteroatoms. The van der Waals surface area contributed by atoms with Crippen molar-refractivity contribution in [2.24, 2.45) is 0 Å². The van der Waals surface area contributed by atoms with Gasteiger partial charge in [-0.3, -0.25) is 0 Å². The van der Waals surface area contributed by atoms with Crippen LogP contribution in [0.5, 0.6) is 0 Å². The Kier molecular flexibility index (Phi) is 3.59. The van der Waals surface area contributed by atoms with Crippen molar-refractivity contribution < 1.29 is 9.53 Å². The van der Waals surface area contributed by atoms with Crippen molar-refractivity contribution in [2.75, 3.05) is 6.61 Å². The fraction of sp³-hybridized carbons (Fsp3) is 0.286. The summed E-state index contributed by atoms with van der Waals surface area (Å²) in [6.45, 7) is 2.23. The summed E-state index contributed by atoms with van der Waals surface area (Å²) in [5.74, 6) is -0.258. The van der Waals surface area contributed by atoms with Crippen LogP contribution in [-0.2, 0) is 9.53 Å². The lowest BCUT2D eigenvalue weighted by molar-refractivity contribution is -0.137. The third-order valence-electron chi connectivity index (χ3n) is 0.946. The summed E-state index contributed by atoms with van der Waals surface area (Å²) in [5.41, 5.74) is 0. The molecule has 0 aromatic carbocycles. The fourth-order valence-electron chi connectivity index (χ4n) is 0.566. The average Bonchev–Trinajstić information content (AvgIpc) is 2.40. The largest absolute Gasteiger partial charge is 0.463 e. The highest BCUT2D eigenvalue weighted by Crippen LogP contribution is 2.37. The maximum atomic E-state index is 10.8. The van der Waals surface area contributed by atoms with Gasteiger partial charge in [0.1, 0.15) is 0 Å². The van der Waals surface area contributed by atoms with Crippen molar-refractivity contribution >= 4 is 29.5 Å². The number of rotatable bonds is 2. The molecule has 0 bridgehead atoms. The quantitative estimate of drug-likeness (QED) is 0.491. The smallest absolute Gasteiger partial charge is 0.332 e. The van der Waals surface area contributed by atoms with E-state index in [1.165, 1.54) is 29.6 Å². The van der Waals surface area contributed by atoms with Crippen LogP contribution in [0.15, 0.2) is 21.1 Å². The Morgan fingerprint density at radius 3 is 2.82 bits per heavy atom. The van der Waals surface area contributed by atoms with E-state index in [0.29, 0.717) is 6.61 Å². The number of ether oxygens (including phenoxy) is 1. The number of esters is 1. The molecule has 0 unspecified atom stereocenters. The van der Waals surface area contributed by atoms with E-state index in [9.17, 15) is 4.79 Å². The summed E-state index contributed by atoms with van der Waals surface area (Å²) in [6.07, 6.45) is 1.51. The van der Waals surface area contributed by atoms with Crippen LogP contribution < -0.4 is 0 Å². The lowest BCUT2D eigenvalue weighted by atomic mass is 10.6. The molecule has 0 amide bonds. The maximum absolute atomic E-state index is 10.8. The van der Waals surface area contributed by atoms with Gasteiger partial charge in [-0.1, -0.05) is 23.5 Å². The molecule has 1 rings (SSSR count). The highest BCUT2D eigenvalue weighted by atomic mass is 32.2. The van der Waals surface area contributed by atoms with Gasteiger partial charge in [-0.05, 0) is 17.7 Å². The second kappa shape index (κ2) is 4.51. The summed E-state index contributed by atoms with van der Waals surface area (Å²) in [4.78, 5) is 10.8. The standard InChI is InChI=1S/C7H8O2S2/c1-2-9-6(8)5-7-10-3-4-11-7/h3-5H,2H2,1H3. The third kappa shape index (κ3) is 3.03. The van der Waals surface area contributed by atoms with Gasteiger partial charge in [-0.15, -0.1) is 0 Å². The first kappa shape index (κ1) is 8.74. The molecule has 0 N–H and O–H groups in total. The van der Waals surface area contributed by atoms with Gasteiger partial charge < -0.3 is 4.74 Å². The molecule has 0 atom stereocenters. The average molecular weight is 188 g/mol. The zero-order valence-corrected chi connectivity index (χ0v) is 7.71. The molecule has 60 valence electrons. The Hall–Kier alpha value is -0.350. The van der Waals surface area contributed by atoms with Crippen LogP contribution in [0.25, 0.3) is 0 Å². The summed E-state index contributed by atoms with van der Waals surface area (Å²) in [5, 5.41) is 3.88. The number of hydrogen-bond donors (Lipinski definition) is 0. The highest BCUT2D eigenvalue weighted by molar-refractivity contribution is 8.27. The van der Waals surface area contributed by atoms with Crippen molar-refractivity contribution in [3.8, 4) is 0 Å². The molecule has 0 aromatic heterocycles. The van der Waals surface area contributed by atoms with Crippen LogP contribution in [0.2, 0.25) is 0 Å². The molecule has 0 radical (unpaired) electrons. The lowest BCUT2D eigenvalue weighted by Crippen LogP contribution is -1.99. The molecule has 0 fully saturated rings. The molecule has 0 aliphatic carbocycles. The van der Waals surface area contributed by atoms with E-state index in [4.69, 9.17) is 4.74 Å². The number of carbonyl (C=O) groups is 1. The first-order valence-corrected chi connectivity index (χ1v) is 4.95. The minimum absolute atomic E-state index is 0.258. The molecule has 11 heavy (non-hydrogen) atoms. The van der Waals surface area contributed by atoms with Crippen LogP contribution in [0.3, 0.4) is 0 Å².